The molecule has 0 spiro atoms. The Bertz CT molecular complexity index is 526. The first-order chi connectivity index (χ1) is 9.74. The minimum atomic E-state index is 0.285. The van der Waals surface area contributed by atoms with E-state index in [9.17, 15) is 0 Å². The molecule has 0 aliphatic heterocycles. The Balaban J connectivity index is 2.04. The normalized spacial score (nSPS) is 12.3. The Morgan fingerprint density at radius 2 is 2.10 bits per heavy atom. The van der Waals surface area contributed by atoms with E-state index in [1.807, 2.05) is 19.2 Å². The van der Waals surface area contributed by atoms with Crippen molar-refractivity contribution in [1.82, 2.24) is 20.1 Å². The third-order valence-corrected chi connectivity index (χ3v) is 4.15. The van der Waals surface area contributed by atoms with Gasteiger partial charge in [0.05, 0.1) is 7.11 Å². The van der Waals surface area contributed by atoms with E-state index in [2.05, 4.69) is 34.5 Å². The number of nitrogens with zero attached hydrogens (tertiary/aromatic N) is 3. The van der Waals surface area contributed by atoms with Gasteiger partial charge in [0, 0.05) is 18.8 Å². The molecule has 1 unspecified atom stereocenters. The summed E-state index contributed by atoms with van der Waals surface area (Å²) in [6, 6.07) is 8.47. The minimum absolute atomic E-state index is 0.285. The number of methoxy groups -OCH3 is 1. The maximum atomic E-state index is 5.20. The van der Waals surface area contributed by atoms with Crippen LogP contribution in [0.3, 0.4) is 0 Å². The van der Waals surface area contributed by atoms with E-state index in [4.69, 9.17) is 4.74 Å². The molecule has 0 aliphatic rings. The maximum absolute atomic E-state index is 5.20. The van der Waals surface area contributed by atoms with Crippen LogP contribution in [0.2, 0.25) is 0 Å². The number of benzene rings is 1. The van der Waals surface area contributed by atoms with Gasteiger partial charge in [0.25, 0.3) is 0 Å². The van der Waals surface area contributed by atoms with Crippen LogP contribution in [-0.2, 0) is 7.05 Å². The Morgan fingerprint density at radius 1 is 1.35 bits per heavy atom. The lowest BCUT2D eigenvalue weighted by molar-refractivity contribution is 0.414. The fourth-order valence-corrected chi connectivity index (χ4v) is 2.91. The van der Waals surface area contributed by atoms with Crippen LogP contribution in [0.5, 0.6) is 5.75 Å². The van der Waals surface area contributed by atoms with Gasteiger partial charge in [-0.1, -0.05) is 30.8 Å². The van der Waals surface area contributed by atoms with Crippen LogP contribution < -0.4 is 10.1 Å². The molecule has 0 fully saturated rings. The zero-order chi connectivity index (χ0) is 14.4. The quantitative estimate of drug-likeness (QED) is 0.793. The van der Waals surface area contributed by atoms with Gasteiger partial charge in [-0.2, -0.15) is 5.10 Å². The number of ether oxygens (including phenoxy) is 1. The van der Waals surface area contributed by atoms with Crippen molar-refractivity contribution in [2.24, 2.45) is 7.05 Å². The second kappa shape index (κ2) is 7.31. The lowest BCUT2D eigenvalue weighted by Gasteiger charge is -2.18. The van der Waals surface area contributed by atoms with Crippen molar-refractivity contribution in [2.75, 3.05) is 19.4 Å². The van der Waals surface area contributed by atoms with Gasteiger partial charge in [-0.05, 0) is 24.2 Å². The van der Waals surface area contributed by atoms with Gasteiger partial charge >= 0.3 is 0 Å². The van der Waals surface area contributed by atoms with E-state index in [0.717, 1.165) is 23.2 Å². The fourth-order valence-electron chi connectivity index (χ4n) is 1.93. The topological polar surface area (TPSA) is 52.0 Å². The molecule has 1 atom stereocenters. The molecule has 6 heteroatoms. The predicted molar refractivity (Wildman–Crippen MR) is 81.1 cm³/mol. The summed E-state index contributed by atoms with van der Waals surface area (Å²) in [6.45, 7) is 3.04. The van der Waals surface area contributed by atoms with Crippen molar-refractivity contribution in [1.29, 1.82) is 0 Å². The summed E-state index contributed by atoms with van der Waals surface area (Å²) >= 11 is 1.70. The number of nitrogens with one attached hydrogen (secondary N) is 1. The van der Waals surface area contributed by atoms with Crippen LogP contribution in [0, 0.1) is 0 Å². The van der Waals surface area contributed by atoms with Gasteiger partial charge in [0.15, 0.2) is 5.16 Å². The summed E-state index contributed by atoms with van der Waals surface area (Å²) in [5.41, 5.74) is 1.25. The summed E-state index contributed by atoms with van der Waals surface area (Å²) in [6.07, 6.45) is 1.58. The van der Waals surface area contributed by atoms with E-state index in [1.165, 1.54) is 5.56 Å². The van der Waals surface area contributed by atoms with E-state index in [-0.39, 0.29) is 6.04 Å². The number of hydrogen-bond donors (Lipinski definition) is 1. The highest BCUT2D eigenvalue weighted by molar-refractivity contribution is 7.99. The molecule has 0 saturated carbocycles. The highest BCUT2D eigenvalue weighted by Gasteiger charge is 2.12. The van der Waals surface area contributed by atoms with Gasteiger partial charge in [-0.3, -0.25) is 0 Å². The molecule has 1 heterocycles. The highest BCUT2D eigenvalue weighted by atomic mass is 32.2. The molecular weight excluding hydrogens is 272 g/mol. The zero-order valence-electron chi connectivity index (χ0n) is 12.0. The smallest absolute Gasteiger partial charge is 0.185 e. The zero-order valence-corrected chi connectivity index (χ0v) is 12.9. The first-order valence-corrected chi connectivity index (χ1v) is 7.57. The van der Waals surface area contributed by atoms with Crippen LogP contribution in [0.4, 0.5) is 0 Å². The monoisotopic (exact) mass is 292 g/mol. The summed E-state index contributed by atoms with van der Waals surface area (Å²) in [7, 11) is 3.59. The summed E-state index contributed by atoms with van der Waals surface area (Å²) < 4.78 is 6.99. The first-order valence-electron chi connectivity index (χ1n) is 6.58. The van der Waals surface area contributed by atoms with Gasteiger partial charge < -0.3 is 10.1 Å². The molecule has 1 N–H and O–H groups in total. The number of hydrogen-bond acceptors (Lipinski definition) is 5. The highest BCUT2D eigenvalue weighted by Crippen LogP contribution is 2.24. The van der Waals surface area contributed by atoms with Crippen LogP contribution in [0.25, 0.3) is 0 Å². The lowest BCUT2D eigenvalue weighted by Crippen LogP contribution is -2.23. The number of aromatic nitrogens is 3. The third kappa shape index (κ3) is 3.74. The number of rotatable bonds is 7. The fraction of sp³-hybridized carbons (Fsp3) is 0.429. The average molecular weight is 292 g/mol. The van der Waals surface area contributed by atoms with Crippen LogP contribution in [0.1, 0.15) is 18.5 Å². The molecule has 2 rings (SSSR count). The minimum Gasteiger partial charge on any atom is -0.497 e. The van der Waals surface area contributed by atoms with Crippen LogP contribution in [-0.4, -0.2) is 34.2 Å². The third-order valence-electron chi connectivity index (χ3n) is 3.02. The van der Waals surface area contributed by atoms with Gasteiger partial charge in [0.1, 0.15) is 12.1 Å². The summed E-state index contributed by atoms with van der Waals surface area (Å²) in [5.74, 6) is 1.79. The Labute approximate surface area is 123 Å². The van der Waals surface area contributed by atoms with Crippen LogP contribution in [0.15, 0.2) is 35.7 Å². The first kappa shape index (κ1) is 14.9. The van der Waals surface area contributed by atoms with Crippen molar-refractivity contribution in [3.8, 4) is 5.75 Å². The summed E-state index contributed by atoms with van der Waals surface area (Å²) in [4.78, 5) is 4.24. The van der Waals surface area contributed by atoms with E-state index >= 15 is 0 Å². The Hall–Kier alpha value is -1.53. The molecule has 108 valence electrons. The molecule has 0 bridgehead atoms. The van der Waals surface area contributed by atoms with E-state index in [1.54, 1.807) is 29.9 Å². The molecule has 1 aromatic carbocycles. The van der Waals surface area contributed by atoms with Gasteiger partial charge in [-0.25, -0.2) is 9.67 Å². The van der Waals surface area contributed by atoms with Gasteiger partial charge in [0.2, 0.25) is 0 Å². The number of thioether (sulfide) groups is 1. The Morgan fingerprint density at radius 3 is 2.65 bits per heavy atom. The van der Waals surface area contributed by atoms with E-state index < -0.39 is 0 Å². The van der Waals surface area contributed by atoms with Crippen molar-refractivity contribution in [3.05, 3.63) is 36.2 Å². The van der Waals surface area contributed by atoms with Gasteiger partial charge in [-0.15, -0.1) is 0 Å². The molecular formula is C14H20N4OS. The molecule has 0 aliphatic carbocycles. The molecule has 0 saturated heterocycles. The van der Waals surface area contributed by atoms with Crippen LogP contribution >= 0.6 is 11.8 Å². The van der Waals surface area contributed by atoms with Crippen molar-refractivity contribution >= 4 is 11.8 Å². The van der Waals surface area contributed by atoms with Crippen molar-refractivity contribution in [2.45, 2.75) is 18.1 Å². The average Bonchev–Trinajstić information content (AvgIpc) is 2.89. The molecule has 5 nitrogen and oxygen atoms in total. The molecule has 20 heavy (non-hydrogen) atoms. The lowest BCUT2D eigenvalue weighted by atomic mass is 10.1. The largest absolute Gasteiger partial charge is 0.497 e. The molecule has 1 aromatic heterocycles. The molecule has 0 amide bonds. The molecule has 2 aromatic rings. The summed E-state index contributed by atoms with van der Waals surface area (Å²) in [5, 5.41) is 8.51. The number of aryl methyl sites for hydroxylation is 1. The van der Waals surface area contributed by atoms with Crippen molar-refractivity contribution in [3.63, 3.8) is 0 Å². The maximum Gasteiger partial charge on any atom is 0.185 e. The van der Waals surface area contributed by atoms with E-state index in [0.29, 0.717) is 0 Å². The Kier molecular flexibility index (Phi) is 5.43. The standard InChI is InChI=1S/C14H20N4OS/c1-4-15-13(9-20-14-16-10-17-18(14)2)11-5-7-12(19-3)8-6-11/h5-8,10,13,15H,4,9H2,1-3H3. The van der Waals surface area contributed by atoms with Crippen molar-refractivity contribution < 1.29 is 4.74 Å². The SMILES string of the molecule is CCNC(CSc1ncnn1C)c1ccc(OC)cc1. The second-order valence-electron chi connectivity index (χ2n) is 4.36. The molecule has 0 radical (unpaired) electrons. The predicted octanol–water partition coefficient (Wildman–Crippen LogP) is 2.27. The second-order valence-corrected chi connectivity index (χ2v) is 5.35.